The first kappa shape index (κ1) is 13.0. The van der Waals surface area contributed by atoms with Crippen LogP contribution in [0.25, 0.3) is 0 Å². The lowest BCUT2D eigenvalue weighted by Crippen LogP contribution is -2.46. The van der Waals surface area contributed by atoms with Crippen LogP contribution in [0.1, 0.15) is 31.5 Å². The monoisotopic (exact) mass is 278 g/mol. The van der Waals surface area contributed by atoms with Crippen LogP contribution in [-0.2, 0) is 13.5 Å². The van der Waals surface area contributed by atoms with Crippen LogP contribution in [0.5, 0.6) is 0 Å². The van der Waals surface area contributed by atoms with Crippen LogP contribution >= 0.6 is 11.8 Å². The van der Waals surface area contributed by atoms with Crippen molar-refractivity contribution in [2.24, 2.45) is 18.0 Å². The fourth-order valence-corrected chi connectivity index (χ4v) is 4.16. The number of nitrogens with zero attached hydrogens (tertiary/aromatic N) is 3. The first-order valence-electron chi connectivity index (χ1n) is 7.23. The molecule has 1 saturated heterocycles. The van der Waals surface area contributed by atoms with E-state index < -0.39 is 0 Å². The van der Waals surface area contributed by atoms with Gasteiger partial charge in [0.25, 0.3) is 0 Å². The molecule has 0 bridgehead atoms. The van der Waals surface area contributed by atoms with Crippen LogP contribution in [0.15, 0.2) is 17.4 Å². The molecule has 2 atom stereocenters. The van der Waals surface area contributed by atoms with E-state index in [1.54, 1.807) is 0 Å². The minimum Gasteiger partial charge on any atom is -0.362 e. The number of amidine groups is 1. The van der Waals surface area contributed by atoms with E-state index in [4.69, 9.17) is 4.99 Å². The van der Waals surface area contributed by atoms with Crippen LogP contribution in [0, 0.1) is 5.92 Å². The Morgan fingerprint density at radius 2 is 2.37 bits per heavy atom. The average Bonchev–Trinajstić information content (AvgIpc) is 2.84. The molecule has 0 amide bonds. The average molecular weight is 278 g/mol. The van der Waals surface area contributed by atoms with Gasteiger partial charge in [-0.2, -0.15) is 0 Å². The lowest BCUT2D eigenvalue weighted by atomic mass is 9.86. The molecule has 1 aromatic rings. The smallest absolute Gasteiger partial charge is 0.156 e. The van der Waals surface area contributed by atoms with E-state index in [1.165, 1.54) is 31.4 Å². The van der Waals surface area contributed by atoms with Crippen molar-refractivity contribution >= 4 is 16.9 Å². The third kappa shape index (κ3) is 3.14. The summed E-state index contributed by atoms with van der Waals surface area (Å²) in [5.74, 6) is 3.23. The minimum atomic E-state index is 0.682. The van der Waals surface area contributed by atoms with Crippen molar-refractivity contribution in [1.82, 2.24) is 14.9 Å². The summed E-state index contributed by atoms with van der Waals surface area (Å²) in [6.07, 6.45) is 10.3. The summed E-state index contributed by atoms with van der Waals surface area (Å²) in [6, 6.07) is 0.682. The fraction of sp³-hybridized carbons (Fsp3) is 0.714. The van der Waals surface area contributed by atoms with Crippen molar-refractivity contribution in [2.45, 2.75) is 38.1 Å². The van der Waals surface area contributed by atoms with Gasteiger partial charge in [-0.15, -0.1) is 0 Å². The van der Waals surface area contributed by atoms with Crippen LogP contribution < -0.4 is 5.32 Å². The lowest BCUT2D eigenvalue weighted by molar-refractivity contribution is 0.311. The first-order valence-corrected chi connectivity index (χ1v) is 8.21. The van der Waals surface area contributed by atoms with E-state index in [9.17, 15) is 0 Å². The lowest BCUT2D eigenvalue weighted by Gasteiger charge is -2.36. The molecule has 1 aromatic heterocycles. The number of rotatable bonds is 3. The first-order chi connectivity index (χ1) is 9.33. The second kappa shape index (κ2) is 5.99. The quantitative estimate of drug-likeness (QED) is 0.922. The summed E-state index contributed by atoms with van der Waals surface area (Å²) in [4.78, 5) is 9.04. The summed E-state index contributed by atoms with van der Waals surface area (Å²) in [5, 5.41) is 4.79. The zero-order chi connectivity index (χ0) is 13.1. The van der Waals surface area contributed by atoms with Crippen molar-refractivity contribution in [1.29, 1.82) is 0 Å². The van der Waals surface area contributed by atoms with Gasteiger partial charge < -0.3 is 9.88 Å². The molecule has 3 rings (SSSR count). The molecule has 2 heterocycles. The predicted octanol–water partition coefficient (Wildman–Crippen LogP) is 2.21. The van der Waals surface area contributed by atoms with Gasteiger partial charge in [0, 0.05) is 44.2 Å². The molecule has 1 aliphatic heterocycles. The molecular weight excluding hydrogens is 256 g/mol. The van der Waals surface area contributed by atoms with Crippen LogP contribution in [0.4, 0.5) is 0 Å². The molecule has 19 heavy (non-hydrogen) atoms. The molecular formula is C14H22N4S. The van der Waals surface area contributed by atoms with Crippen LogP contribution in [0.3, 0.4) is 0 Å². The van der Waals surface area contributed by atoms with Gasteiger partial charge in [-0.05, 0) is 18.8 Å². The maximum Gasteiger partial charge on any atom is 0.156 e. The molecule has 1 N–H and O–H groups in total. The predicted molar refractivity (Wildman–Crippen MR) is 80.6 cm³/mol. The third-order valence-corrected chi connectivity index (χ3v) is 5.28. The van der Waals surface area contributed by atoms with Gasteiger partial charge in [-0.25, -0.2) is 4.98 Å². The Morgan fingerprint density at radius 3 is 3.21 bits per heavy atom. The zero-order valence-electron chi connectivity index (χ0n) is 11.5. The maximum absolute atomic E-state index is 4.71. The number of fused-ring (bicyclic) bond motifs is 1. The van der Waals surface area contributed by atoms with E-state index >= 15 is 0 Å². The number of hydrogen-bond acceptors (Lipinski definition) is 3. The largest absolute Gasteiger partial charge is 0.362 e. The summed E-state index contributed by atoms with van der Waals surface area (Å²) < 4.78 is 2.07. The Labute approximate surface area is 119 Å². The number of hydrogen-bond donors (Lipinski definition) is 1. The normalized spacial score (nSPS) is 29.0. The topological polar surface area (TPSA) is 42.2 Å². The molecule has 5 heteroatoms. The zero-order valence-corrected chi connectivity index (χ0v) is 12.3. The summed E-state index contributed by atoms with van der Waals surface area (Å²) in [5.41, 5.74) is 0. The van der Waals surface area contributed by atoms with Gasteiger partial charge >= 0.3 is 0 Å². The molecule has 2 fully saturated rings. The van der Waals surface area contributed by atoms with E-state index in [0.29, 0.717) is 6.04 Å². The maximum atomic E-state index is 4.71. The Balaban J connectivity index is 1.52. The number of aryl methyl sites for hydroxylation is 1. The van der Waals surface area contributed by atoms with Gasteiger partial charge in [0.1, 0.15) is 5.82 Å². The highest BCUT2D eigenvalue weighted by atomic mass is 32.2. The molecule has 104 valence electrons. The molecule has 1 saturated carbocycles. The van der Waals surface area contributed by atoms with Crippen molar-refractivity contribution in [3.63, 3.8) is 0 Å². The fourth-order valence-electron chi connectivity index (χ4n) is 2.97. The minimum absolute atomic E-state index is 0.682. The standard InChI is InChI=1S/C14H22N4S/c1-18-9-8-15-13(18)6-7-16-14-17-12-5-3-2-4-11(12)10-19-14/h8-9,11-12H,2-7,10H2,1H3,(H,16,17). The Hall–Kier alpha value is -0.970. The number of aliphatic imine (C=N–C) groups is 1. The Morgan fingerprint density at radius 1 is 1.47 bits per heavy atom. The van der Waals surface area contributed by atoms with Crippen molar-refractivity contribution in [3.8, 4) is 0 Å². The summed E-state index contributed by atoms with van der Waals surface area (Å²) in [6.45, 7) is 0.831. The molecule has 2 aliphatic rings. The number of nitrogens with one attached hydrogen (secondary N) is 1. The highest BCUT2D eigenvalue weighted by Crippen LogP contribution is 2.31. The second-order valence-electron chi connectivity index (χ2n) is 5.50. The van der Waals surface area contributed by atoms with Crippen molar-refractivity contribution < 1.29 is 0 Å². The molecule has 0 aromatic carbocycles. The van der Waals surface area contributed by atoms with E-state index in [0.717, 1.165) is 29.9 Å². The Bertz CT molecular complexity index is 454. The third-order valence-electron chi connectivity index (χ3n) is 4.16. The number of imidazole rings is 1. The molecule has 2 unspecified atom stereocenters. The molecule has 0 spiro atoms. The van der Waals surface area contributed by atoms with Gasteiger partial charge in [0.05, 0.1) is 0 Å². The molecule has 0 radical (unpaired) electrons. The van der Waals surface area contributed by atoms with Gasteiger partial charge in [0.15, 0.2) is 5.17 Å². The molecule has 1 aliphatic carbocycles. The van der Waals surface area contributed by atoms with E-state index in [-0.39, 0.29) is 0 Å². The van der Waals surface area contributed by atoms with E-state index in [2.05, 4.69) is 14.9 Å². The summed E-state index contributed by atoms with van der Waals surface area (Å²) >= 11 is 1.90. The van der Waals surface area contributed by atoms with Crippen LogP contribution in [-0.4, -0.2) is 33.1 Å². The van der Waals surface area contributed by atoms with Crippen molar-refractivity contribution in [3.05, 3.63) is 18.2 Å². The van der Waals surface area contributed by atoms with Gasteiger partial charge in [-0.1, -0.05) is 24.6 Å². The van der Waals surface area contributed by atoms with Gasteiger partial charge in [0.2, 0.25) is 0 Å². The second-order valence-corrected chi connectivity index (χ2v) is 6.51. The number of thioether (sulfide) groups is 1. The summed E-state index contributed by atoms with van der Waals surface area (Å²) in [7, 11) is 2.04. The van der Waals surface area contributed by atoms with Gasteiger partial charge in [-0.3, -0.25) is 4.99 Å². The molecule has 4 nitrogen and oxygen atoms in total. The van der Waals surface area contributed by atoms with E-state index in [1.807, 2.05) is 31.2 Å². The number of aromatic nitrogens is 2. The SMILES string of the molecule is Cn1ccnc1CCN=C1NC2CCCCC2CS1. The Kier molecular flexibility index (Phi) is 4.11. The highest BCUT2D eigenvalue weighted by Gasteiger charge is 2.29. The van der Waals surface area contributed by atoms with Crippen molar-refractivity contribution in [2.75, 3.05) is 12.3 Å². The van der Waals surface area contributed by atoms with Crippen LogP contribution in [0.2, 0.25) is 0 Å². The highest BCUT2D eigenvalue weighted by molar-refractivity contribution is 8.13.